The van der Waals surface area contributed by atoms with Crippen molar-refractivity contribution in [3.63, 3.8) is 0 Å². The van der Waals surface area contributed by atoms with Crippen molar-refractivity contribution in [1.29, 1.82) is 0 Å². The zero-order chi connectivity index (χ0) is 56.8. The predicted molar refractivity (Wildman–Crippen MR) is 249 cm³/mol. The molecule has 2 aromatic heterocycles. The standard InChI is InChI=1S/C43H58N8O26S/c1-43(2,29-72-41(53)69-22-16-65-19-27-75-50(57)58)31-9-11-32(12-10-31)78(61,62)48(30-73-42(54)70-23-17-66-20-28-76-51(59)60)38-35(77-34-8-5-4-7-33(34)63-3)39(47-37(46-38)36-44-13-6-14-45-36)67-24-25-71-40(52)68-21-15-64-18-26-74-49(55)56/h4-14,55-60H,15-30H2,1-3H3. The first kappa shape index (κ1) is 63.5. The molecule has 0 fully saturated rings. The maximum atomic E-state index is 15.1. The van der Waals surface area contributed by atoms with Gasteiger partial charge in [-0.25, -0.2) is 56.6 Å². The molecule has 0 spiro atoms. The third-order valence-corrected chi connectivity index (χ3v) is 11.1. The highest BCUT2D eigenvalue weighted by Crippen LogP contribution is 2.44. The van der Waals surface area contributed by atoms with Gasteiger partial charge in [-0.15, -0.1) is 0 Å². The fraction of sp³-hybridized carbons (Fsp3) is 0.465. The summed E-state index contributed by atoms with van der Waals surface area (Å²) in [5, 5.41) is 50.1. The van der Waals surface area contributed by atoms with Gasteiger partial charge in [-0.2, -0.15) is 4.98 Å². The van der Waals surface area contributed by atoms with E-state index in [2.05, 4.69) is 34.4 Å². The fourth-order valence-electron chi connectivity index (χ4n) is 5.77. The summed E-state index contributed by atoms with van der Waals surface area (Å²) in [7, 11) is -3.63. The highest BCUT2D eigenvalue weighted by molar-refractivity contribution is 7.92. The molecule has 0 atom stereocenters. The van der Waals surface area contributed by atoms with Gasteiger partial charge in [0.05, 0.1) is 87.6 Å². The van der Waals surface area contributed by atoms with Crippen LogP contribution >= 0.6 is 0 Å². The Balaban J connectivity index is 1.68. The summed E-state index contributed by atoms with van der Waals surface area (Å²) in [6.07, 6.45) is -0.882. The first-order chi connectivity index (χ1) is 37.4. The van der Waals surface area contributed by atoms with E-state index in [1.807, 2.05) is 0 Å². The number of methoxy groups -OCH3 is 1. The highest BCUT2D eigenvalue weighted by Gasteiger charge is 2.35. The lowest BCUT2D eigenvalue weighted by Gasteiger charge is -2.27. The number of hydrogen-bond donors (Lipinski definition) is 6. The first-order valence-electron chi connectivity index (χ1n) is 22.7. The summed E-state index contributed by atoms with van der Waals surface area (Å²) in [5.41, 5.74) is -0.471. The van der Waals surface area contributed by atoms with Crippen molar-refractivity contribution in [2.75, 3.05) is 117 Å². The Hall–Kier alpha value is -7.04. The Labute approximate surface area is 443 Å². The van der Waals surface area contributed by atoms with Crippen molar-refractivity contribution < 1.29 is 125 Å². The van der Waals surface area contributed by atoms with Gasteiger partial charge < -0.3 is 56.8 Å². The molecule has 0 aliphatic heterocycles. The number of nitrogens with zero attached hydrogens (tertiary/aromatic N) is 8. The normalized spacial score (nSPS) is 11.6. The van der Waals surface area contributed by atoms with Crippen LogP contribution in [0.3, 0.4) is 0 Å². The Bertz CT molecular complexity index is 2520. The summed E-state index contributed by atoms with van der Waals surface area (Å²) >= 11 is 0. The van der Waals surface area contributed by atoms with E-state index in [0.717, 1.165) is 0 Å². The molecule has 0 saturated carbocycles. The van der Waals surface area contributed by atoms with Gasteiger partial charge in [0, 0.05) is 17.8 Å². The minimum Gasteiger partial charge on any atom is -0.493 e. The number of sulfonamides is 1. The largest absolute Gasteiger partial charge is 0.510 e. The zero-order valence-electron chi connectivity index (χ0n) is 42.0. The molecule has 432 valence electrons. The lowest BCUT2D eigenvalue weighted by molar-refractivity contribution is -0.493. The summed E-state index contributed by atoms with van der Waals surface area (Å²) in [6, 6.07) is 13.0. The molecular weight excluding hydrogens is 1080 g/mol. The van der Waals surface area contributed by atoms with E-state index in [4.69, 9.17) is 88.1 Å². The third-order valence-electron chi connectivity index (χ3n) is 9.36. The molecule has 78 heavy (non-hydrogen) atoms. The summed E-state index contributed by atoms with van der Waals surface area (Å²) in [6.45, 7) is -1.30. The summed E-state index contributed by atoms with van der Waals surface area (Å²) in [4.78, 5) is 68.0. The van der Waals surface area contributed by atoms with Gasteiger partial charge in [0.15, 0.2) is 29.9 Å². The SMILES string of the molecule is COc1ccccc1Oc1c(OCCOC(=O)OCCOCCON(O)O)nc(-c2ncccn2)nc1N(COC(=O)OCCOCCON(O)O)S(=O)(=O)c1ccc(C(C)(C)COC(=O)OCCOCCON(O)O)cc1. The lowest BCUT2D eigenvalue weighted by atomic mass is 9.86. The number of para-hydroxylation sites is 2. The van der Waals surface area contributed by atoms with E-state index in [1.165, 1.54) is 62.0 Å². The van der Waals surface area contributed by atoms with Crippen molar-refractivity contribution in [1.82, 2.24) is 36.1 Å². The van der Waals surface area contributed by atoms with Crippen LogP contribution in [0.4, 0.5) is 20.2 Å². The number of hydrogen-bond acceptors (Lipinski definition) is 33. The molecule has 4 rings (SSSR count). The molecule has 34 nitrogen and oxygen atoms in total. The van der Waals surface area contributed by atoms with E-state index in [0.29, 0.717) is 9.87 Å². The van der Waals surface area contributed by atoms with Gasteiger partial charge >= 0.3 is 18.5 Å². The molecule has 35 heteroatoms. The Morgan fingerprint density at radius 2 is 1.03 bits per heavy atom. The molecule has 2 aromatic carbocycles. The number of benzene rings is 2. The van der Waals surface area contributed by atoms with Crippen LogP contribution in [0.25, 0.3) is 11.6 Å². The second-order valence-electron chi connectivity index (χ2n) is 15.2. The fourth-order valence-corrected chi connectivity index (χ4v) is 7.04. The number of rotatable bonds is 37. The van der Waals surface area contributed by atoms with E-state index >= 15 is 8.42 Å². The third kappa shape index (κ3) is 22.9. The number of carbonyl (C=O) groups is 3. The molecular formula is C43H58N8O26S. The molecule has 0 unspecified atom stereocenters. The first-order valence-corrected chi connectivity index (χ1v) is 24.2. The van der Waals surface area contributed by atoms with Crippen LogP contribution in [0, 0.1) is 0 Å². The second kappa shape index (κ2) is 34.0. The maximum absolute atomic E-state index is 15.1. The van der Waals surface area contributed by atoms with E-state index in [9.17, 15) is 14.4 Å². The van der Waals surface area contributed by atoms with E-state index < -0.39 is 99.0 Å². The van der Waals surface area contributed by atoms with Gasteiger partial charge in [0.1, 0.15) is 39.6 Å². The van der Waals surface area contributed by atoms with Gasteiger partial charge in [0.25, 0.3) is 15.9 Å². The van der Waals surface area contributed by atoms with E-state index in [-0.39, 0.29) is 102 Å². The van der Waals surface area contributed by atoms with Crippen molar-refractivity contribution in [2.45, 2.75) is 24.2 Å². The van der Waals surface area contributed by atoms with Crippen LogP contribution in [0.5, 0.6) is 23.1 Å². The second-order valence-corrected chi connectivity index (χ2v) is 17.1. The smallest absolute Gasteiger partial charge is 0.493 e. The number of ether oxygens (including phenoxy) is 12. The van der Waals surface area contributed by atoms with Gasteiger partial charge in [0.2, 0.25) is 11.6 Å². The number of anilines is 1. The molecule has 0 radical (unpaired) electrons. The Morgan fingerprint density at radius 3 is 1.54 bits per heavy atom. The van der Waals surface area contributed by atoms with Crippen LogP contribution in [0.15, 0.2) is 71.9 Å². The molecule has 2 heterocycles. The minimum absolute atomic E-state index is 0.0266. The monoisotopic (exact) mass is 1130 g/mol. The number of carbonyl (C=O) groups excluding carboxylic acids is 3. The van der Waals surface area contributed by atoms with Gasteiger partial charge in [-0.1, -0.05) is 38.1 Å². The van der Waals surface area contributed by atoms with Crippen LogP contribution in [-0.2, 0) is 72.6 Å². The van der Waals surface area contributed by atoms with Crippen LogP contribution in [0.2, 0.25) is 0 Å². The maximum Gasteiger partial charge on any atom is 0.510 e. The van der Waals surface area contributed by atoms with Gasteiger partial charge in [-0.05, 0) is 35.9 Å². The van der Waals surface area contributed by atoms with Crippen molar-refractivity contribution in [3.8, 4) is 34.8 Å². The predicted octanol–water partition coefficient (Wildman–Crippen LogP) is 3.09. The van der Waals surface area contributed by atoms with Crippen LogP contribution < -0.4 is 18.5 Å². The lowest BCUT2D eigenvalue weighted by Crippen LogP contribution is -2.36. The Morgan fingerprint density at radius 1 is 0.551 bits per heavy atom. The van der Waals surface area contributed by atoms with Crippen molar-refractivity contribution >= 4 is 34.3 Å². The molecule has 0 aliphatic carbocycles. The van der Waals surface area contributed by atoms with Crippen LogP contribution in [-0.4, -0.2) is 207 Å². The average molecular weight is 1140 g/mol. The molecule has 0 saturated heterocycles. The quantitative estimate of drug-likeness (QED) is 0.0124. The number of aromatic nitrogens is 4. The van der Waals surface area contributed by atoms with E-state index in [1.54, 1.807) is 26.0 Å². The molecule has 0 bridgehead atoms. The van der Waals surface area contributed by atoms with Crippen molar-refractivity contribution in [2.24, 2.45) is 0 Å². The summed E-state index contributed by atoms with van der Waals surface area (Å²) < 4.78 is 94.9. The van der Waals surface area contributed by atoms with Gasteiger partial charge in [-0.3, -0.25) is 31.2 Å². The highest BCUT2D eigenvalue weighted by atomic mass is 32.2. The average Bonchev–Trinajstić information content (AvgIpc) is 3.47. The van der Waals surface area contributed by atoms with Crippen molar-refractivity contribution in [3.05, 3.63) is 72.6 Å². The minimum atomic E-state index is -4.97. The molecule has 6 N–H and O–H groups in total. The Kier molecular flexibility index (Phi) is 27.7. The zero-order valence-corrected chi connectivity index (χ0v) is 42.8. The molecule has 0 amide bonds. The molecule has 0 aliphatic rings. The topological polar surface area (TPSA) is 410 Å². The molecule has 4 aromatic rings. The summed E-state index contributed by atoms with van der Waals surface area (Å²) in [5.74, 6) is -2.06. The van der Waals surface area contributed by atoms with Crippen LogP contribution in [0.1, 0.15) is 19.4 Å².